The first-order valence-electron chi connectivity index (χ1n) is 12.8. The maximum atomic E-state index is 13.4. The summed E-state index contributed by atoms with van der Waals surface area (Å²) in [6, 6.07) is 11.1. The molecule has 10 nitrogen and oxygen atoms in total. The molecular formula is C27H30ClF3N4O6. The largest absolute Gasteiger partial charge is 0.481 e. The second-order valence-corrected chi connectivity index (χ2v) is 9.62. The van der Waals surface area contributed by atoms with E-state index in [4.69, 9.17) is 26.6 Å². The van der Waals surface area contributed by atoms with Gasteiger partial charge in [0, 0.05) is 43.7 Å². The first-order chi connectivity index (χ1) is 19.4. The van der Waals surface area contributed by atoms with E-state index in [9.17, 15) is 27.6 Å². The third-order valence-corrected chi connectivity index (χ3v) is 6.53. The van der Waals surface area contributed by atoms with E-state index in [-0.39, 0.29) is 29.1 Å². The van der Waals surface area contributed by atoms with Gasteiger partial charge in [-0.25, -0.2) is 0 Å². The van der Waals surface area contributed by atoms with Gasteiger partial charge in [-0.1, -0.05) is 17.7 Å². The number of pyridine rings is 2. The lowest BCUT2D eigenvalue weighted by Gasteiger charge is -2.37. The number of anilines is 1. The van der Waals surface area contributed by atoms with Crippen molar-refractivity contribution in [3.63, 3.8) is 0 Å². The van der Waals surface area contributed by atoms with E-state index in [1.54, 1.807) is 23.1 Å². The van der Waals surface area contributed by atoms with E-state index in [1.807, 2.05) is 6.07 Å². The number of halogens is 4. The highest BCUT2D eigenvalue weighted by atomic mass is 35.5. The maximum Gasteiger partial charge on any atom is 0.419 e. The predicted molar refractivity (Wildman–Crippen MR) is 147 cm³/mol. The number of H-pyrrole nitrogens is 1. The average Bonchev–Trinajstić information content (AvgIpc) is 2.91. The highest BCUT2D eigenvalue weighted by molar-refractivity contribution is 6.31. The summed E-state index contributed by atoms with van der Waals surface area (Å²) in [7, 11) is 0. The number of benzene rings is 1. The fraction of sp³-hybridized carbons (Fsp3) is 0.407. The molecular weight excluding hydrogens is 569 g/mol. The summed E-state index contributed by atoms with van der Waals surface area (Å²) in [5.74, 6) is -1.69. The number of hydrogen-bond acceptors (Lipinski definition) is 7. The summed E-state index contributed by atoms with van der Waals surface area (Å²) in [5, 5.41) is 16.4. The van der Waals surface area contributed by atoms with E-state index in [1.165, 1.54) is 18.2 Å². The molecule has 0 amide bonds. The molecule has 1 saturated heterocycles. The lowest BCUT2D eigenvalue weighted by atomic mass is 10.1. The van der Waals surface area contributed by atoms with Gasteiger partial charge in [0.1, 0.15) is 5.65 Å². The second kappa shape index (κ2) is 14.7. The average molecular weight is 599 g/mol. The number of ether oxygens (including phenoxy) is 1. The Kier molecular flexibility index (Phi) is 11.4. The highest BCUT2D eigenvalue weighted by Gasteiger charge is 2.37. The minimum Gasteiger partial charge on any atom is -0.481 e. The van der Waals surface area contributed by atoms with Crippen LogP contribution < -0.4 is 15.2 Å². The smallest absolute Gasteiger partial charge is 0.419 e. The summed E-state index contributed by atoms with van der Waals surface area (Å²) < 4.78 is 46.0. The van der Waals surface area contributed by atoms with Gasteiger partial charge in [0.2, 0.25) is 11.4 Å². The molecule has 0 saturated carbocycles. The van der Waals surface area contributed by atoms with Crippen LogP contribution in [-0.4, -0.2) is 76.4 Å². The molecule has 1 aromatic carbocycles. The number of piperazine rings is 1. The summed E-state index contributed by atoms with van der Waals surface area (Å²) in [6.07, 6.45) is -3.36. The fourth-order valence-corrected chi connectivity index (χ4v) is 4.46. The number of fused-ring (bicyclic) bond motifs is 1. The number of alkyl halides is 3. The van der Waals surface area contributed by atoms with Crippen LogP contribution in [0.3, 0.4) is 0 Å². The molecule has 14 heteroatoms. The molecule has 0 bridgehead atoms. The molecule has 3 heterocycles. The molecule has 0 unspecified atom stereocenters. The first-order valence-corrected chi connectivity index (χ1v) is 13.2. The number of aromatic nitrogens is 2. The standard InChI is InChI=1S/C23H24ClF3N4O2.C4H6O4/c24-17-4-3-5-18(21(17)23(25,26)27)31-13-11-30(12-14-31)10-1-2-15-33-20-9-7-16-6-8-19(32)28-22(16)29-20;5-3(6)1-2-4(7)8/h3-9H,1-2,10-15H2,(H,28,29,32);1-2H2,(H,5,6)(H,7,8). The summed E-state index contributed by atoms with van der Waals surface area (Å²) in [4.78, 5) is 41.7. The van der Waals surface area contributed by atoms with E-state index in [0.29, 0.717) is 44.3 Å². The minimum atomic E-state index is -4.49. The molecule has 41 heavy (non-hydrogen) atoms. The summed E-state index contributed by atoms with van der Waals surface area (Å²) >= 11 is 5.85. The van der Waals surface area contributed by atoms with Crippen molar-refractivity contribution in [2.45, 2.75) is 31.9 Å². The first kappa shape index (κ1) is 31.7. The van der Waals surface area contributed by atoms with Crippen molar-refractivity contribution in [3.8, 4) is 5.88 Å². The van der Waals surface area contributed by atoms with Gasteiger partial charge in [0.05, 0.1) is 35.7 Å². The lowest BCUT2D eigenvalue weighted by molar-refractivity contribution is -0.143. The molecule has 1 aliphatic rings. The Balaban J connectivity index is 0.000000507. The molecule has 3 aromatic rings. The highest BCUT2D eigenvalue weighted by Crippen LogP contribution is 2.41. The third kappa shape index (κ3) is 9.94. The maximum absolute atomic E-state index is 13.4. The van der Waals surface area contributed by atoms with Crippen molar-refractivity contribution in [2.75, 3.05) is 44.2 Å². The molecule has 1 fully saturated rings. The van der Waals surface area contributed by atoms with Crippen molar-refractivity contribution >= 4 is 40.3 Å². The van der Waals surface area contributed by atoms with Crippen LogP contribution in [0.5, 0.6) is 5.88 Å². The van der Waals surface area contributed by atoms with Crippen LogP contribution in [0, 0.1) is 0 Å². The van der Waals surface area contributed by atoms with Crippen molar-refractivity contribution < 1.29 is 37.7 Å². The Morgan fingerprint density at radius 1 is 0.976 bits per heavy atom. The van der Waals surface area contributed by atoms with Gasteiger partial charge in [-0.2, -0.15) is 18.2 Å². The summed E-state index contributed by atoms with van der Waals surface area (Å²) in [6.45, 7) is 3.73. The minimum absolute atomic E-state index is 0.146. The number of carbonyl (C=O) groups is 2. The molecule has 3 N–H and O–H groups in total. The van der Waals surface area contributed by atoms with Crippen LogP contribution in [-0.2, 0) is 15.8 Å². The SMILES string of the molecule is O=C(O)CCC(=O)O.O=c1ccc2ccc(OCCCCN3CCN(c4cccc(Cl)c4C(F)(F)F)CC3)nc2[nH]1. The van der Waals surface area contributed by atoms with Gasteiger partial charge in [-0.05, 0) is 43.7 Å². The Bertz CT molecular complexity index is 1380. The van der Waals surface area contributed by atoms with Gasteiger partial charge in [0.15, 0.2) is 0 Å². The van der Waals surface area contributed by atoms with E-state index < -0.39 is 23.7 Å². The van der Waals surface area contributed by atoms with Crippen LogP contribution in [0.1, 0.15) is 31.2 Å². The quantitative estimate of drug-likeness (QED) is 0.288. The van der Waals surface area contributed by atoms with Crippen LogP contribution >= 0.6 is 11.6 Å². The van der Waals surface area contributed by atoms with Crippen molar-refractivity contribution in [1.82, 2.24) is 14.9 Å². The van der Waals surface area contributed by atoms with E-state index in [0.717, 1.165) is 24.8 Å². The summed E-state index contributed by atoms with van der Waals surface area (Å²) in [5.41, 5.74) is -0.334. The zero-order valence-electron chi connectivity index (χ0n) is 22.0. The molecule has 0 aliphatic carbocycles. The van der Waals surface area contributed by atoms with Crippen LogP contribution in [0.25, 0.3) is 11.0 Å². The second-order valence-electron chi connectivity index (χ2n) is 9.21. The third-order valence-electron chi connectivity index (χ3n) is 6.22. The van der Waals surface area contributed by atoms with Crippen molar-refractivity contribution in [1.29, 1.82) is 0 Å². The molecule has 222 valence electrons. The fourth-order valence-electron chi connectivity index (χ4n) is 4.19. The zero-order valence-corrected chi connectivity index (χ0v) is 22.7. The van der Waals surface area contributed by atoms with Crippen LogP contribution in [0.4, 0.5) is 18.9 Å². The van der Waals surface area contributed by atoms with Gasteiger partial charge in [-0.15, -0.1) is 0 Å². The zero-order chi connectivity index (χ0) is 30.0. The molecule has 4 rings (SSSR count). The Morgan fingerprint density at radius 3 is 2.27 bits per heavy atom. The van der Waals surface area contributed by atoms with Crippen LogP contribution in [0.2, 0.25) is 5.02 Å². The molecule has 0 atom stereocenters. The topological polar surface area (TPSA) is 136 Å². The van der Waals surface area contributed by atoms with E-state index in [2.05, 4.69) is 14.9 Å². The van der Waals surface area contributed by atoms with Crippen molar-refractivity contribution in [2.24, 2.45) is 0 Å². The normalized spacial score (nSPS) is 13.9. The number of rotatable bonds is 10. The lowest BCUT2D eigenvalue weighted by Crippen LogP contribution is -2.47. The predicted octanol–water partition coefficient (Wildman–Crippen LogP) is 4.51. The number of aromatic amines is 1. The number of aliphatic carboxylic acids is 2. The number of unbranched alkanes of at least 4 members (excludes halogenated alkanes) is 1. The van der Waals surface area contributed by atoms with Gasteiger partial charge in [0.25, 0.3) is 0 Å². The van der Waals surface area contributed by atoms with Gasteiger partial charge in [-0.3, -0.25) is 19.3 Å². The van der Waals surface area contributed by atoms with Crippen molar-refractivity contribution in [3.05, 3.63) is 63.4 Å². The Hall–Kier alpha value is -3.84. The van der Waals surface area contributed by atoms with E-state index >= 15 is 0 Å². The molecule has 1 aliphatic heterocycles. The van der Waals surface area contributed by atoms with Gasteiger partial charge >= 0.3 is 18.1 Å². The molecule has 2 aromatic heterocycles. The number of carboxylic acids is 2. The van der Waals surface area contributed by atoms with Crippen LogP contribution in [0.15, 0.2) is 47.3 Å². The number of hydrogen-bond donors (Lipinski definition) is 3. The molecule has 0 spiro atoms. The monoisotopic (exact) mass is 598 g/mol. The Labute approximate surface area is 238 Å². The Morgan fingerprint density at radius 2 is 1.63 bits per heavy atom. The number of nitrogens with one attached hydrogen (secondary N) is 1. The number of nitrogens with zero attached hydrogens (tertiary/aromatic N) is 3. The number of carboxylic acid groups (broad SMARTS) is 2. The van der Waals surface area contributed by atoms with Gasteiger partial charge < -0.3 is 24.8 Å². The molecule has 0 radical (unpaired) electrons.